The van der Waals surface area contributed by atoms with Crippen molar-refractivity contribution in [1.29, 1.82) is 0 Å². The third-order valence-electron chi connectivity index (χ3n) is 7.23. The third-order valence-corrected chi connectivity index (χ3v) is 7.23. The van der Waals surface area contributed by atoms with Crippen LogP contribution in [0.15, 0.2) is 36.7 Å². The number of hydrogen-bond donors (Lipinski definition) is 0. The second kappa shape index (κ2) is 19.9. The van der Waals surface area contributed by atoms with Crippen LogP contribution >= 0.6 is 0 Å². The SMILES string of the molecule is CCCCCCCCCCCCc1cnc(-c2ccc(OC(F)(F)CCCCCCCCCC)cc2)nc1. The Bertz CT molecular complexity index is 824. The molecule has 0 aliphatic heterocycles. The van der Waals surface area contributed by atoms with Gasteiger partial charge in [-0.05, 0) is 49.1 Å². The predicted molar refractivity (Wildman–Crippen MR) is 156 cm³/mol. The molecule has 0 saturated carbocycles. The number of halogens is 2. The van der Waals surface area contributed by atoms with Gasteiger partial charge < -0.3 is 4.74 Å². The van der Waals surface area contributed by atoms with Crippen molar-refractivity contribution < 1.29 is 13.5 Å². The van der Waals surface area contributed by atoms with Gasteiger partial charge in [0, 0.05) is 18.0 Å². The molecule has 0 spiro atoms. The second-order valence-electron chi connectivity index (χ2n) is 10.8. The Labute approximate surface area is 231 Å². The van der Waals surface area contributed by atoms with E-state index in [0.717, 1.165) is 43.2 Å². The Morgan fingerprint density at radius 1 is 0.605 bits per heavy atom. The quantitative estimate of drug-likeness (QED) is 0.134. The highest BCUT2D eigenvalue weighted by molar-refractivity contribution is 5.55. The topological polar surface area (TPSA) is 35.0 Å². The van der Waals surface area contributed by atoms with Gasteiger partial charge in [-0.1, -0.05) is 117 Å². The number of alkyl halides is 2. The highest BCUT2D eigenvalue weighted by Crippen LogP contribution is 2.28. The van der Waals surface area contributed by atoms with E-state index in [1.54, 1.807) is 24.3 Å². The summed E-state index contributed by atoms with van der Waals surface area (Å²) in [5, 5.41) is 0. The highest BCUT2D eigenvalue weighted by atomic mass is 19.3. The van der Waals surface area contributed by atoms with Gasteiger partial charge in [0.25, 0.3) is 0 Å². The van der Waals surface area contributed by atoms with E-state index in [1.165, 1.54) is 83.5 Å². The molecule has 0 amide bonds. The van der Waals surface area contributed by atoms with Crippen molar-refractivity contribution >= 4 is 0 Å². The number of aryl methyl sites for hydroxylation is 1. The monoisotopic (exact) mass is 530 g/mol. The largest absolute Gasteiger partial charge is 0.433 e. The maximum Gasteiger partial charge on any atom is 0.397 e. The molecule has 3 nitrogen and oxygen atoms in total. The van der Waals surface area contributed by atoms with E-state index in [2.05, 4.69) is 23.8 Å². The van der Waals surface area contributed by atoms with Gasteiger partial charge in [0.1, 0.15) is 5.75 Å². The molecule has 5 heteroatoms. The number of unbranched alkanes of at least 4 members (excludes halogenated alkanes) is 16. The molecular weight excluding hydrogens is 478 g/mol. The predicted octanol–water partition coefficient (Wildman–Crippen LogP) is 11.1. The van der Waals surface area contributed by atoms with Crippen molar-refractivity contribution in [2.75, 3.05) is 0 Å². The Morgan fingerprint density at radius 2 is 1.05 bits per heavy atom. The molecule has 0 aliphatic rings. The first-order chi connectivity index (χ1) is 18.5. The van der Waals surface area contributed by atoms with Crippen LogP contribution < -0.4 is 4.74 Å². The summed E-state index contributed by atoms with van der Waals surface area (Å²) in [6.07, 6.45) is 23.1. The van der Waals surface area contributed by atoms with Crippen molar-refractivity contribution in [2.24, 2.45) is 0 Å². The van der Waals surface area contributed by atoms with Gasteiger partial charge in [-0.3, -0.25) is 0 Å². The van der Waals surface area contributed by atoms with Crippen LogP contribution in [-0.4, -0.2) is 16.1 Å². The number of rotatable bonds is 23. The third kappa shape index (κ3) is 14.8. The minimum Gasteiger partial charge on any atom is -0.433 e. The second-order valence-corrected chi connectivity index (χ2v) is 10.8. The molecule has 0 saturated heterocycles. The lowest BCUT2D eigenvalue weighted by Gasteiger charge is -2.18. The number of aromatic nitrogens is 2. The van der Waals surface area contributed by atoms with E-state index in [1.807, 2.05) is 12.4 Å². The van der Waals surface area contributed by atoms with E-state index in [0.29, 0.717) is 12.2 Å². The minimum absolute atomic E-state index is 0.177. The van der Waals surface area contributed by atoms with Crippen molar-refractivity contribution in [3.63, 3.8) is 0 Å². The first kappa shape index (κ1) is 32.2. The highest BCUT2D eigenvalue weighted by Gasteiger charge is 2.30. The number of ether oxygens (including phenoxy) is 1. The summed E-state index contributed by atoms with van der Waals surface area (Å²) in [7, 11) is 0. The first-order valence-electron chi connectivity index (χ1n) is 15.5. The number of hydrogen-bond acceptors (Lipinski definition) is 3. The Hall–Kier alpha value is -2.04. The minimum atomic E-state index is -3.14. The van der Waals surface area contributed by atoms with Crippen LogP contribution in [0.25, 0.3) is 11.4 Å². The average Bonchev–Trinajstić information content (AvgIpc) is 2.92. The molecule has 38 heavy (non-hydrogen) atoms. The van der Waals surface area contributed by atoms with Crippen LogP contribution in [0.3, 0.4) is 0 Å². The summed E-state index contributed by atoms with van der Waals surface area (Å²) in [4.78, 5) is 9.00. The summed E-state index contributed by atoms with van der Waals surface area (Å²) in [6, 6.07) is 6.66. The Balaban J connectivity index is 1.63. The summed E-state index contributed by atoms with van der Waals surface area (Å²) in [6.45, 7) is 4.46. The lowest BCUT2D eigenvalue weighted by Crippen LogP contribution is -2.24. The van der Waals surface area contributed by atoms with Crippen molar-refractivity contribution in [1.82, 2.24) is 9.97 Å². The Morgan fingerprint density at radius 3 is 1.55 bits per heavy atom. The average molecular weight is 531 g/mol. The van der Waals surface area contributed by atoms with Crippen LogP contribution in [0.1, 0.15) is 141 Å². The molecule has 1 aromatic heterocycles. The van der Waals surface area contributed by atoms with E-state index in [4.69, 9.17) is 4.74 Å². The van der Waals surface area contributed by atoms with Gasteiger partial charge in [0.05, 0.1) is 6.42 Å². The van der Waals surface area contributed by atoms with Crippen molar-refractivity contribution in [3.05, 3.63) is 42.2 Å². The molecule has 0 fully saturated rings. The van der Waals surface area contributed by atoms with Gasteiger partial charge in [0.15, 0.2) is 5.82 Å². The van der Waals surface area contributed by atoms with Gasteiger partial charge >= 0.3 is 6.11 Å². The molecule has 214 valence electrons. The fraction of sp³-hybridized carbons (Fsp3) is 0.697. The van der Waals surface area contributed by atoms with Crippen LogP contribution in [-0.2, 0) is 6.42 Å². The zero-order chi connectivity index (χ0) is 27.3. The molecule has 0 bridgehead atoms. The molecule has 0 N–H and O–H groups in total. The standard InChI is InChI=1S/C33H52F2N2O/c1-3-5-7-9-11-13-14-15-17-19-21-29-27-36-32(37-28-29)30-22-24-31(25-23-30)38-33(34,35)26-20-18-16-12-10-8-6-4-2/h22-25,27-28H,3-21,26H2,1-2H3. The maximum absolute atomic E-state index is 14.3. The fourth-order valence-electron chi connectivity index (χ4n) is 4.81. The first-order valence-corrected chi connectivity index (χ1v) is 15.5. The van der Waals surface area contributed by atoms with Gasteiger partial charge in [-0.25, -0.2) is 9.97 Å². The molecule has 1 aromatic carbocycles. The van der Waals surface area contributed by atoms with Crippen LogP contribution in [0.2, 0.25) is 0 Å². The lowest BCUT2D eigenvalue weighted by atomic mass is 10.0. The number of nitrogens with zero attached hydrogens (tertiary/aromatic N) is 2. The molecule has 0 atom stereocenters. The van der Waals surface area contributed by atoms with Crippen LogP contribution in [0.5, 0.6) is 5.75 Å². The molecule has 0 unspecified atom stereocenters. The van der Waals surface area contributed by atoms with Gasteiger partial charge in [-0.15, -0.1) is 0 Å². The number of benzene rings is 1. The zero-order valence-electron chi connectivity index (χ0n) is 24.2. The molecule has 2 rings (SSSR count). The summed E-state index contributed by atoms with van der Waals surface area (Å²) in [5.74, 6) is 0.782. The molecule has 0 aliphatic carbocycles. The summed E-state index contributed by atoms with van der Waals surface area (Å²) in [5.41, 5.74) is 1.95. The van der Waals surface area contributed by atoms with Crippen LogP contribution in [0.4, 0.5) is 8.78 Å². The zero-order valence-corrected chi connectivity index (χ0v) is 24.2. The van der Waals surface area contributed by atoms with Gasteiger partial charge in [0.2, 0.25) is 0 Å². The smallest absolute Gasteiger partial charge is 0.397 e. The van der Waals surface area contributed by atoms with Gasteiger partial charge in [-0.2, -0.15) is 8.78 Å². The fourth-order valence-corrected chi connectivity index (χ4v) is 4.81. The molecular formula is C33H52F2N2O. The molecule has 1 heterocycles. The summed E-state index contributed by atoms with van der Waals surface area (Å²) >= 11 is 0. The Kier molecular flexibility index (Phi) is 16.9. The molecule has 0 radical (unpaired) electrons. The lowest BCUT2D eigenvalue weighted by molar-refractivity contribution is -0.181. The molecule has 2 aromatic rings. The van der Waals surface area contributed by atoms with E-state index in [9.17, 15) is 8.78 Å². The van der Waals surface area contributed by atoms with Crippen molar-refractivity contribution in [2.45, 2.75) is 148 Å². The van der Waals surface area contributed by atoms with E-state index >= 15 is 0 Å². The van der Waals surface area contributed by atoms with Crippen molar-refractivity contribution in [3.8, 4) is 17.1 Å². The van der Waals surface area contributed by atoms with Crippen LogP contribution in [0, 0.1) is 0 Å². The van der Waals surface area contributed by atoms with E-state index < -0.39 is 6.11 Å². The summed E-state index contributed by atoms with van der Waals surface area (Å²) < 4.78 is 33.5. The normalized spacial score (nSPS) is 11.7. The maximum atomic E-state index is 14.3. The van der Waals surface area contributed by atoms with E-state index in [-0.39, 0.29) is 12.2 Å².